The number of rotatable bonds is 6. The Kier molecular flexibility index (Phi) is 8.43. The van der Waals surface area contributed by atoms with E-state index in [9.17, 15) is 4.39 Å². The molecule has 5 nitrogen and oxygen atoms in total. The van der Waals surface area contributed by atoms with Crippen LogP contribution < -0.4 is 15.4 Å². The number of nitrogens with one attached hydrogen (secondary N) is 2. The summed E-state index contributed by atoms with van der Waals surface area (Å²) in [6.45, 7) is 3.06. The molecule has 3 aromatic rings. The molecule has 0 aliphatic carbocycles. The van der Waals surface area contributed by atoms with Crippen molar-refractivity contribution < 1.29 is 9.13 Å². The maximum Gasteiger partial charge on any atom is 0.191 e. The molecule has 2 N–H and O–H groups in total. The molecule has 0 amide bonds. The molecule has 0 aliphatic heterocycles. The Bertz CT molecular complexity index is 912. The monoisotopic (exact) mass is 494 g/mol. The molecule has 148 valence electrons. The lowest BCUT2D eigenvalue weighted by molar-refractivity contribution is 0.223. The topological polar surface area (TPSA) is 58.5 Å². The Morgan fingerprint density at radius 2 is 1.86 bits per heavy atom. The van der Waals surface area contributed by atoms with Gasteiger partial charge in [-0.2, -0.15) is 0 Å². The van der Waals surface area contributed by atoms with Crippen molar-refractivity contribution in [3.05, 3.63) is 72.3 Å². The number of guanidine groups is 1. The van der Waals surface area contributed by atoms with Crippen LogP contribution in [0.3, 0.4) is 0 Å². The van der Waals surface area contributed by atoms with Gasteiger partial charge in [0.25, 0.3) is 0 Å². The van der Waals surface area contributed by atoms with Gasteiger partial charge in [0.2, 0.25) is 0 Å². The van der Waals surface area contributed by atoms with E-state index in [1.807, 2.05) is 31.3 Å². The van der Waals surface area contributed by atoms with Crippen molar-refractivity contribution in [1.82, 2.24) is 15.6 Å². The van der Waals surface area contributed by atoms with Crippen molar-refractivity contribution in [2.75, 3.05) is 13.6 Å². The molecule has 0 spiro atoms. The van der Waals surface area contributed by atoms with E-state index in [0.717, 1.165) is 16.5 Å². The smallest absolute Gasteiger partial charge is 0.191 e. The first-order valence-corrected chi connectivity index (χ1v) is 8.85. The first kappa shape index (κ1) is 21.9. The summed E-state index contributed by atoms with van der Waals surface area (Å²) >= 11 is 0. The van der Waals surface area contributed by atoms with E-state index in [2.05, 4.69) is 32.7 Å². The lowest BCUT2D eigenvalue weighted by atomic mass is 10.1. The van der Waals surface area contributed by atoms with Crippen molar-refractivity contribution >= 4 is 40.7 Å². The predicted molar refractivity (Wildman–Crippen MR) is 122 cm³/mol. The van der Waals surface area contributed by atoms with Crippen LogP contribution in [0.15, 0.2) is 65.8 Å². The highest BCUT2D eigenvalue weighted by Gasteiger charge is 2.07. The number of aliphatic imine (C=N–C) groups is 1. The minimum absolute atomic E-state index is 0. The second kappa shape index (κ2) is 10.8. The molecule has 0 aliphatic rings. The summed E-state index contributed by atoms with van der Waals surface area (Å²) in [5.41, 5.74) is 0.965. The average Bonchev–Trinajstić information content (AvgIpc) is 2.70. The van der Waals surface area contributed by atoms with Gasteiger partial charge in [0.1, 0.15) is 17.7 Å². The minimum Gasteiger partial charge on any atom is -0.489 e. The van der Waals surface area contributed by atoms with Crippen LogP contribution in [0.4, 0.5) is 4.39 Å². The van der Waals surface area contributed by atoms with Gasteiger partial charge in [-0.25, -0.2) is 4.39 Å². The molecular weight excluding hydrogens is 470 g/mol. The number of pyridine rings is 1. The third-order valence-electron chi connectivity index (χ3n) is 4.11. The van der Waals surface area contributed by atoms with E-state index < -0.39 is 0 Å². The molecule has 28 heavy (non-hydrogen) atoms. The first-order chi connectivity index (χ1) is 13.2. The maximum atomic E-state index is 12.9. The fourth-order valence-electron chi connectivity index (χ4n) is 2.74. The predicted octanol–water partition coefficient (Wildman–Crippen LogP) is 4.12. The zero-order valence-electron chi connectivity index (χ0n) is 15.9. The maximum absolute atomic E-state index is 12.9. The second-order valence-corrected chi connectivity index (χ2v) is 6.17. The van der Waals surface area contributed by atoms with Crippen molar-refractivity contribution in [1.29, 1.82) is 0 Å². The summed E-state index contributed by atoms with van der Waals surface area (Å²) in [4.78, 5) is 8.71. The normalized spacial score (nSPS) is 12.2. The zero-order chi connectivity index (χ0) is 19.1. The molecule has 1 aromatic heterocycles. The molecule has 1 unspecified atom stereocenters. The number of hydrogen-bond acceptors (Lipinski definition) is 3. The van der Waals surface area contributed by atoms with E-state index in [0.29, 0.717) is 24.8 Å². The molecule has 1 atom stereocenters. The van der Waals surface area contributed by atoms with Gasteiger partial charge in [-0.3, -0.25) is 9.98 Å². The van der Waals surface area contributed by atoms with Gasteiger partial charge in [-0.15, -0.1) is 24.0 Å². The Labute approximate surface area is 181 Å². The van der Waals surface area contributed by atoms with Crippen molar-refractivity contribution in [2.45, 2.75) is 19.6 Å². The molecule has 7 heteroatoms. The molecular formula is C21H24FIN4O. The summed E-state index contributed by atoms with van der Waals surface area (Å²) in [5.74, 6) is 1.02. The number of aromatic nitrogens is 1. The van der Waals surface area contributed by atoms with E-state index in [4.69, 9.17) is 4.74 Å². The zero-order valence-corrected chi connectivity index (χ0v) is 18.2. The lowest BCUT2D eigenvalue weighted by Gasteiger charge is -2.18. The molecule has 0 radical (unpaired) electrons. The van der Waals surface area contributed by atoms with Crippen LogP contribution in [0.2, 0.25) is 0 Å². The summed E-state index contributed by atoms with van der Waals surface area (Å²) < 4.78 is 18.7. The number of benzene rings is 2. The average molecular weight is 494 g/mol. The number of ether oxygens (including phenoxy) is 1. The van der Waals surface area contributed by atoms with Crippen LogP contribution in [0.1, 0.15) is 12.6 Å². The summed E-state index contributed by atoms with van der Waals surface area (Å²) in [6, 6.07) is 16.2. The lowest BCUT2D eigenvalue weighted by Crippen LogP contribution is -2.41. The minimum atomic E-state index is -0.278. The fraction of sp³-hybridized carbons (Fsp3) is 0.238. The molecule has 0 saturated carbocycles. The van der Waals surface area contributed by atoms with Crippen molar-refractivity contribution in [3.63, 3.8) is 0 Å². The highest BCUT2D eigenvalue weighted by atomic mass is 127. The van der Waals surface area contributed by atoms with Crippen LogP contribution in [0.5, 0.6) is 5.75 Å². The van der Waals surface area contributed by atoms with Gasteiger partial charge < -0.3 is 15.4 Å². The molecule has 2 aromatic carbocycles. The quantitative estimate of drug-likeness (QED) is 0.308. The van der Waals surface area contributed by atoms with E-state index >= 15 is 0 Å². The van der Waals surface area contributed by atoms with Crippen molar-refractivity contribution in [3.8, 4) is 5.75 Å². The molecule has 3 rings (SSSR count). The summed E-state index contributed by atoms with van der Waals surface area (Å²) in [6.07, 6.45) is 1.71. The van der Waals surface area contributed by atoms with Crippen molar-refractivity contribution in [2.24, 2.45) is 4.99 Å². The molecule has 1 heterocycles. The van der Waals surface area contributed by atoms with Crippen LogP contribution >= 0.6 is 24.0 Å². The van der Waals surface area contributed by atoms with Crippen LogP contribution in [0, 0.1) is 5.82 Å². The number of hydrogen-bond donors (Lipinski definition) is 2. The number of nitrogens with zero attached hydrogens (tertiary/aromatic N) is 2. The Morgan fingerprint density at radius 1 is 1.11 bits per heavy atom. The van der Waals surface area contributed by atoms with Crippen LogP contribution in [-0.4, -0.2) is 30.6 Å². The Balaban J connectivity index is 0.00000280. The van der Waals surface area contributed by atoms with Gasteiger partial charge in [0.05, 0.1) is 18.8 Å². The summed E-state index contributed by atoms with van der Waals surface area (Å²) in [7, 11) is 1.72. The Hall–Kier alpha value is -2.42. The number of halogens is 2. The van der Waals surface area contributed by atoms with E-state index in [1.54, 1.807) is 19.2 Å². The SMILES string of the molecule is CN=C(NCc1nccc2ccccc12)NCC(C)Oc1ccc(F)cc1.I. The van der Waals surface area contributed by atoms with E-state index in [1.165, 1.54) is 12.1 Å². The van der Waals surface area contributed by atoms with Gasteiger partial charge in [0.15, 0.2) is 5.96 Å². The van der Waals surface area contributed by atoms with Gasteiger partial charge in [-0.1, -0.05) is 24.3 Å². The highest BCUT2D eigenvalue weighted by molar-refractivity contribution is 14.0. The largest absolute Gasteiger partial charge is 0.489 e. The standard InChI is InChI=1S/C21H23FN4O.HI/c1-15(27-18-9-7-17(22)8-10-18)13-25-21(23-2)26-14-20-19-6-4-3-5-16(19)11-12-24-20;/h3-12,15H,13-14H2,1-2H3,(H2,23,25,26);1H. The van der Waals surface area contributed by atoms with Gasteiger partial charge in [0, 0.05) is 18.6 Å². The molecule has 0 saturated heterocycles. The highest BCUT2D eigenvalue weighted by Crippen LogP contribution is 2.16. The molecule has 0 bridgehead atoms. The second-order valence-electron chi connectivity index (χ2n) is 6.17. The Morgan fingerprint density at radius 3 is 2.61 bits per heavy atom. The number of fused-ring (bicyclic) bond motifs is 1. The van der Waals surface area contributed by atoms with Gasteiger partial charge in [-0.05, 0) is 42.6 Å². The third kappa shape index (κ3) is 6.05. The molecule has 0 fully saturated rings. The fourth-order valence-corrected chi connectivity index (χ4v) is 2.74. The third-order valence-corrected chi connectivity index (χ3v) is 4.11. The van der Waals surface area contributed by atoms with Crippen LogP contribution in [-0.2, 0) is 6.54 Å². The van der Waals surface area contributed by atoms with Gasteiger partial charge >= 0.3 is 0 Å². The summed E-state index contributed by atoms with van der Waals surface area (Å²) in [5, 5.41) is 8.79. The van der Waals surface area contributed by atoms with Crippen LogP contribution in [0.25, 0.3) is 10.8 Å². The van der Waals surface area contributed by atoms with E-state index in [-0.39, 0.29) is 35.9 Å². The first-order valence-electron chi connectivity index (χ1n) is 8.85.